The number of halogens is 2. The van der Waals surface area contributed by atoms with Crippen LogP contribution in [0.3, 0.4) is 0 Å². The maximum atomic E-state index is 13.8. The molecule has 0 radical (unpaired) electrons. The first kappa shape index (κ1) is 15.0. The summed E-state index contributed by atoms with van der Waals surface area (Å²) in [7, 11) is 0. The van der Waals surface area contributed by atoms with Crippen LogP contribution in [0.2, 0.25) is 5.02 Å². The van der Waals surface area contributed by atoms with Crippen LogP contribution in [0.25, 0.3) is 0 Å². The van der Waals surface area contributed by atoms with Crippen molar-refractivity contribution in [2.75, 3.05) is 16.8 Å². The van der Waals surface area contributed by atoms with Gasteiger partial charge in [0.05, 0.1) is 22.1 Å². The number of rotatable bonds is 1. The van der Waals surface area contributed by atoms with Crippen LogP contribution in [0.4, 0.5) is 27.1 Å². The molecule has 0 atom stereocenters. The first-order valence-corrected chi connectivity index (χ1v) is 8.27. The lowest BCUT2D eigenvalue weighted by molar-refractivity contribution is 0.628. The number of fused-ring (bicyclic) bond motifs is 2. The van der Waals surface area contributed by atoms with Gasteiger partial charge in [0.1, 0.15) is 5.82 Å². The highest BCUT2D eigenvalue weighted by molar-refractivity contribution is 6.33. The predicted octanol–water partition coefficient (Wildman–Crippen LogP) is 5.92. The average molecular weight is 339 g/mol. The maximum absolute atomic E-state index is 13.8. The second-order valence-corrected chi connectivity index (χ2v) is 6.20. The van der Waals surface area contributed by atoms with E-state index < -0.39 is 0 Å². The van der Waals surface area contributed by atoms with E-state index in [1.54, 1.807) is 0 Å². The van der Waals surface area contributed by atoms with E-state index in [0.717, 1.165) is 35.6 Å². The molecule has 3 aromatic carbocycles. The van der Waals surface area contributed by atoms with Crippen LogP contribution in [0.1, 0.15) is 5.56 Å². The van der Waals surface area contributed by atoms with Crippen molar-refractivity contribution in [2.45, 2.75) is 6.42 Å². The van der Waals surface area contributed by atoms with Gasteiger partial charge in [-0.2, -0.15) is 0 Å². The normalized spacial score (nSPS) is 13.3. The largest absolute Gasteiger partial charge is 0.352 e. The van der Waals surface area contributed by atoms with Crippen LogP contribution in [-0.2, 0) is 6.42 Å². The van der Waals surface area contributed by atoms with Crippen molar-refractivity contribution >= 4 is 34.4 Å². The van der Waals surface area contributed by atoms with Crippen molar-refractivity contribution < 1.29 is 4.39 Å². The molecule has 0 aromatic heterocycles. The Labute approximate surface area is 145 Å². The van der Waals surface area contributed by atoms with E-state index in [-0.39, 0.29) is 5.82 Å². The van der Waals surface area contributed by atoms with Gasteiger partial charge >= 0.3 is 0 Å². The molecule has 0 aliphatic carbocycles. The van der Waals surface area contributed by atoms with Crippen LogP contribution in [0.5, 0.6) is 0 Å². The van der Waals surface area contributed by atoms with Gasteiger partial charge in [-0.25, -0.2) is 4.39 Å². The second-order valence-electron chi connectivity index (χ2n) is 5.80. The summed E-state index contributed by atoms with van der Waals surface area (Å²) in [6.45, 7) is 0.789. The SMILES string of the molecule is Fc1ccc2c(c1)Nc1c(Cl)cccc1CCN2c1ccccc1. The van der Waals surface area contributed by atoms with Crippen molar-refractivity contribution in [3.8, 4) is 0 Å². The molecule has 1 N–H and O–H groups in total. The van der Waals surface area contributed by atoms with Crippen LogP contribution in [0, 0.1) is 5.82 Å². The van der Waals surface area contributed by atoms with Gasteiger partial charge in [0.25, 0.3) is 0 Å². The molecule has 1 aliphatic heterocycles. The Balaban J connectivity index is 1.87. The van der Waals surface area contributed by atoms with Crippen LogP contribution in [-0.4, -0.2) is 6.54 Å². The number of benzene rings is 3. The zero-order valence-corrected chi connectivity index (χ0v) is 13.7. The van der Waals surface area contributed by atoms with E-state index in [4.69, 9.17) is 11.6 Å². The van der Waals surface area contributed by atoms with Gasteiger partial charge in [-0.05, 0) is 48.4 Å². The molecule has 0 saturated heterocycles. The van der Waals surface area contributed by atoms with Gasteiger partial charge in [0.2, 0.25) is 0 Å². The highest BCUT2D eigenvalue weighted by Gasteiger charge is 2.20. The lowest BCUT2D eigenvalue weighted by Crippen LogP contribution is -2.23. The molecule has 0 spiro atoms. The van der Waals surface area contributed by atoms with Gasteiger partial charge in [0.15, 0.2) is 0 Å². The Morgan fingerprint density at radius 3 is 2.62 bits per heavy atom. The first-order chi connectivity index (χ1) is 11.7. The summed E-state index contributed by atoms with van der Waals surface area (Å²) in [4.78, 5) is 2.20. The minimum absolute atomic E-state index is 0.275. The molecular weight excluding hydrogens is 323 g/mol. The molecule has 4 rings (SSSR count). The smallest absolute Gasteiger partial charge is 0.125 e. The number of hydrogen-bond donors (Lipinski definition) is 1. The number of anilines is 4. The van der Waals surface area contributed by atoms with Crippen molar-refractivity contribution in [1.29, 1.82) is 0 Å². The quantitative estimate of drug-likeness (QED) is 0.592. The van der Waals surface area contributed by atoms with E-state index in [1.165, 1.54) is 12.1 Å². The van der Waals surface area contributed by atoms with E-state index in [1.807, 2.05) is 36.4 Å². The monoisotopic (exact) mass is 338 g/mol. The van der Waals surface area contributed by atoms with Crippen LogP contribution >= 0.6 is 11.6 Å². The van der Waals surface area contributed by atoms with Crippen LogP contribution < -0.4 is 10.2 Å². The summed E-state index contributed by atoms with van der Waals surface area (Å²) < 4.78 is 13.8. The molecule has 0 unspecified atom stereocenters. The van der Waals surface area contributed by atoms with Gasteiger partial charge in [-0.15, -0.1) is 0 Å². The van der Waals surface area contributed by atoms with Gasteiger partial charge in [0, 0.05) is 12.2 Å². The number of nitrogens with one attached hydrogen (secondary N) is 1. The average Bonchev–Trinajstić information content (AvgIpc) is 2.58. The van der Waals surface area contributed by atoms with Gasteiger partial charge in [-0.3, -0.25) is 0 Å². The van der Waals surface area contributed by atoms with E-state index in [9.17, 15) is 4.39 Å². The zero-order valence-electron chi connectivity index (χ0n) is 13.0. The summed E-state index contributed by atoms with van der Waals surface area (Å²) in [5, 5.41) is 3.99. The third-order valence-corrected chi connectivity index (χ3v) is 4.60. The fraction of sp³-hybridized carbons (Fsp3) is 0.100. The molecular formula is C20H16ClFN2. The minimum Gasteiger partial charge on any atom is -0.352 e. The molecule has 3 aromatic rings. The number of hydrogen-bond acceptors (Lipinski definition) is 2. The van der Waals surface area contributed by atoms with Crippen molar-refractivity contribution in [2.24, 2.45) is 0 Å². The third-order valence-electron chi connectivity index (χ3n) is 4.28. The Bertz CT molecular complexity index is 880. The molecule has 4 heteroatoms. The highest BCUT2D eigenvalue weighted by atomic mass is 35.5. The van der Waals surface area contributed by atoms with Crippen molar-refractivity contribution in [3.63, 3.8) is 0 Å². The molecule has 120 valence electrons. The highest BCUT2D eigenvalue weighted by Crippen LogP contribution is 2.39. The summed E-state index contributed by atoms with van der Waals surface area (Å²) >= 11 is 6.36. The molecule has 24 heavy (non-hydrogen) atoms. The number of nitrogens with zero attached hydrogens (tertiary/aromatic N) is 1. The predicted molar refractivity (Wildman–Crippen MR) is 98.3 cm³/mol. The summed E-state index contributed by atoms with van der Waals surface area (Å²) in [5.41, 5.74) is 4.72. The fourth-order valence-corrected chi connectivity index (χ4v) is 3.37. The van der Waals surface area contributed by atoms with Gasteiger partial charge in [-0.1, -0.05) is 41.9 Å². The van der Waals surface area contributed by atoms with Crippen molar-refractivity contribution in [3.05, 3.63) is 83.1 Å². The molecule has 0 fully saturated rings. The van der Waals surface area contributed by atoms with E-state index in [2.05, 4.69) is 28.4 Å². The summed E-state index contributed by atoms with van der Waals surface area (Å²) in [5.74, 6) is -0.275. The topological polar surface area (TPSA) is 15.3 Å². The minimum atomic E-state index is -0.275. The summed E-state index contributed by atoms with van der Waals surface area (Å²) in [6.07, 6.45) is 0.842. The van der Waals surface area contributed by atoms with E-state index in [0.29, 0.717) is 10.7 Å². The maximum Gasteiger partial charge on any atom is 0.125 e. The Morgan fingerprint density at radius 2 is 1.79 bits per heavy atom. The Kier molecular flexibility index (Phi) is 3.87. The first-order valence-electron chi connectivity index (χ1n) is 7.89. The zero-order chi connectivity index (χ0) is 16.5. The standard InChI is InChI=1S/C20H16ClFN2/c21-17-8-4-5-14-11-12-24(16-6-2-1-3-7-16)19-10-9-15(22)13-18(19)23-20(14)17/h1-10,13,23H,11-12H2. The molecule has 0 amide bonds. The fourth-order valence-electron chi connectivity index (χ4n) is 3.12. The third kappa shape index (κ3) is 2.72. The molecule has 1 aliphatic rings. The summed E-state index contributed by atoms with van der Waals surface area (Å²) in [6, 6.07) is 20.8. The number of para-hydroxylation sites is 2. The van der Waals surface area contributed by atoms with Crippen LogP contribution in [0.15, 0.2) is 66.7 Å². The Morgan fingerprint density at radius 1 is 0.958 bits per heavy atom. The lowest BCUT2D eigenvalue weighted by atomic mass is 10.1. The molecule has 0 saturated carbocycles. The second kappa shape index (κ2) is 6.17. The molecule has 1 heterocycles. The molecule has 0 bridgehead atoms. The van der Waals surface area contributed by atoms with E-state index >= 15 is 0 Å². The lowest BCUT2D eigenvalue weighted by Gasteiger charge is -2.31. The molecule has 2 nitrogen and oxygen atoms in total. The van der Waals surface area contributed by atoms with Gasteiger partial charge < -0.3 is 10.2 Å². The Hall–Kier alpha value is -2.52. The van der Waals surface area contributed by atoms with Crippen molar-refractivity contribution in [1.82, 2.24) is 0 Å².